The maximum absolute atomic E-state index is 12.2. The number of aliphatic hydroxyl groups excluding tert-OH is 1. The van der Waals surface area contributed by atoms with Gasteiger partial charge in [0.05, 0.1) is 0 Å². The zero-order chi connectivity index (χ0) is 13.4. The minimum absolute atomic E-state index is 0.640. The average Bonchev–Trinajstić information content (AvgIpc) is 2.46. The van der Waals surface area contributed by atoms with Crippen LogP contribution in [0, 0.1) is 0 Å². The van der Waals surface area contributed by atoms with Gasteiger partial charge in [0, 0.05) is 0 Å². The van der Waals surface area contributed by atoms with Crippen LogP contribution in [-0.4, -0.2) is 27.6 Å². The smallest absolute Gasteiger partial charge is 0.385 e. The summed E-state index contributed by atoms with van der Waals surface area (Å²) in [6, 6.07) is 0. The van der Waals surface area contributed by atoms with Crippen LogP contribution in [-0.2, 0) is 0 Å². The van der Waals surface area contributed by atoms with Crippen LogP contribution in [0.5, 0.6) is 0 Å². The van der Waals surface area contributed by atoms with E-state index in [1.54, 1.807) is 0 Å². The number of hydrogen-bond acceptors (Lipinski definition) is 4. The molecule has 0 aliphatic heterocycles. The minimum atomic E-state index is -5.60. The van der Waals surface area contributed by atoms with Gasteiger partial charge in [-0.3, -0.25) is 0 Å². The van der Waals surface area contributed by atoms with Gasteiger partial charge in [0.25, 0.3) is 0 Å². The van der Waals surface area contributed by atoms with Gasteiger partial charge in [-0.1, -0.05) is 5.16 Å². The fraction of sp³-hybridized carbons (Fsp3) is 0.714. The summed E-state index contributed by atoms with van der Waals surface area (Å²) in [5.41, 5.74) is 0. The van der Waals surface area contributed by atoms with E-state index in [0.717, 1.165) is 6.92 Å². The number of halogens is 6. The Morgan fingerprint density at radius 2 is 1.59 bits per heavy atom. The highest BCUT2D eigenvalue weighted by atomic mass is 19.4. The van der Waals surface area contributed by atoms with Crippen molar-refractivity contribution >= 4 is 0 Å². The Kier molecular flexibility index (Phi) is 3.37. The molecule has 4 nitrogen and oxygen atoms in total. The Labute approximate surface area is 90.2 Å². The first kappa shape index (κ1) is 13.7. The third-order valence-corrected chi connectivity index (χ3v) is 1.73. The summed E-state index contributed by atoms with van der Waals surface area (Å²) in [7, 11) is 0. The van der Waals surface area contributed by atoms with E-state index in [-0.39, 0.29) is 0 Å². The summed E-state index contributed by atoms with van der Waals surface area (Å²) in [5, 5.41) is 11.7. The molecule has 98 valence electrons. The molecule has 0 aliphatic carbocycles. The highest BCUT2D eigenvalue weighted by Crippen LogP contribution is 2.45. The van der Waals surface area contributed by atoms with E-state index < -0.39 is 36.1 Å². The first-order valence-electron chi connectivity index (χ1n) is 4.18. The van der Waals surface area contributed by atoms with Crippen LogP contribution >= 0.6 is 0 Å². The molecule has 1 unspecified atom stereocenters. The summed E-state index contributed by atoms with van der Waals surface area (Å²) < 4.78 is 77.1. The van der Waals surface area contributed by atoms with E-state index in [9.17, 15) is 26.3 Å². The van der Waals surface area contributed by atoms with E-state index in [2.05, 4.69) is 14.7 Å². The van der Waals surface area contributed by atoms with Crippen LogP contribution in [0.4, 0.5) is 26.3 Å². The first-order valence-corrected chi connectivity index (χ1v) is 4.18. The molecular weight excluding hydrogens is 258 g/mol. The molecule has 17 heavy (non-hydrogen) atoms. The van der Waals surface area contributed by atoms with Gasteiger partial charge in [-0.05, 0) is 6.92 Å². The molecule has 0 spiro atoms. The van der Waals surface area contributed by atoms with Crippen molar-refractivity contribution in [3.63, 3.8) is 0 Å². The Balaban J connectivity index is 3.15. The van der Waals surface area contributed by atoms with Gasteiger partial charge in [0.2, 0.25) is 11.8 Å². The summed E-state index contributed by atoms with van der Waals surface area (Å²) in [5.74, 6) is -6.13. The molecule has 0 amide bonds. The lowest BCUT2D eigenvalue weighted by Crippen LogP contribution is -2.34. The SMILES string of the molecule is CC(O)c1noc(C(C(F)(F)F)C(F)(F)F)n1. The quantitative estimate of drug-likeness (QED) is 0.833. The summed E-state index contributed by atoms with van der Waals surface area (Å²) >= 11 is 0. The van der Waals surface area contributed by atoms with Crippen molar-refractivity contribution in [3.8, 4) is 0 Å². The second-order valence-electron chi connectivity index (χ2n) is 3.18. The number of nitrogens with zero attached hydrogens (tertiary/aromatic N) is 2. The van der Waals surface area contributed by atoms with Crippen molar-refractivity contribution < 1.29 is 36.0 Å². The van der Waals surface area contributed by atoms with E-state index in [1.165, 1.54) is 0 Å². The van der Waals surface area contributed by atoms with E-state index in [0.29, 0.717) is 0 Å². The lowest BCUT2D eigenvalue weighted by molar-refractivity contribution is -0.259. The molecule has 0 aromatic carbocycles. The molecule has 0 saturated heterocycles. The van der Waals surface area contributed by atoms with Crippen LogP contribution in [0.2, 0.25) is 0 Å². The van der Waals surface area contributed by atoms with E-state index in [4.69, 9.17) is 5.11 Å². The predicted octanol–water partition coefficient (Wildman–Crippen LogP) is 2.33. The van der Waals surface area contributed by atoms with Crippen LogP contribution < -0.4 is 0 Å². The Morgan fingerprint density at radius 1 is 1.12 bits per heavy atom. The van der Waals surface area contributed by atoms with Crippen molar-refractivity contribution in [2.45, 2.75) is 31.3 Å². The molecule has 0 fully saturated rings. The molecule has 10 heteroatoms. The van der Waals surface area contributed by atoms with E-state index in [1.807, 2.05) is 0 Å². The first-order chi connectivity index (χ1) is 7.53. The Hall–Kier alpha value is -1.32. The molecule has 0 radical (unpaired) electrons. The van der Waals surface area contributed by atoms with Crippen LogP contribution in [0.1, 0.15) is 30.7 Å². The van der Waals surface area contributed by atoms with Gasteiger partial charge >= 0.3 is 12.4 Å². The van der Waals surface area contributed by atoms with Crippen molar-refractivity contribution in [2.24, 2.45) is 0 Å². The van der Waals surface area contributed by atoms with Crippen molar-refractivity contribution in [3.05, 3.63) is 11.7 Å². The number of aromatic nitrogens is 2. The molecular formula is C7H6F6N2O2. The lowest BCUT2D eigenvalue weighted by atomic mass is 10.1. The zero-order valence-electron chi connectivity index (χ0n) is 8.17. The van der Waals surface area contributed by atoms with Crippen molar-refractivity contribution in [2.75, 3.05) is 0 Å². The number of alkyl halides is 6. The Bertz CT molecular complexity index is 368. The normalized spacial score (nSPS) is 15.4. The fourth-order valence-electron chi connectivity index (χ4n) is 1.000. The van der Waals surface area contributed by atoms with Crippen LogP contribution in [0.3, 0.4) is 0 Å². The van der Waals surface area contributed by atoms with Crippen LogP contribution in [0.15, 0.2) is 4.52 Å². The third-order valence-electron chi connectivity index (χ3n) is 1.73. The highest BCUT2D eigenvalue weighted by Gasteiger charge is 2.60. The topological polar surface area (TPSA) is 59.2 Å². The summed E-state index contributed by atoms with van der Waals surface area (Å²) in [4.78, 5) is 2.88. The Morgan fingerprint density at radius 3 is 1.88 bits per heavy atom. The predicted molar refractivity (Wildman–Crippen MR) is 39.8 cm³/mol. The fourth-order valence-corrected chi connectivity index (χ4v) is 1.000. The molecule has 0 bridgehead atoms. The van der Waals surface area contributed by atoms with Gasteiger partial charge < -0.3 is 9.63 Å². The monoisotopic (exact) mass is 264 g/mol. The minimum Gasteiger partial charge on any atom is -0.385 e. The van der Waals surface area contributed by atoms with Crippen molar-refractivity contribution in [1.82, 2.24) is 10.1 Å². The largest absolute Gasteiger partial charge is 0.409 e. The molecule has 1 heterocycles. The second kappa shape index (κ2) is 4.17. The molecule has 0 saturated carbocycles. The molecule has 1 N–H and O–H groups in total. The molecule has 1 rings (SSSR count). The number of rotatable bonds is 2. The van der Waals surface area contributed by atoms with E-state index >= 15 is 0 Å². The zero-order valence-corrected chi connectivity index (χ0v) is 8.17. The van der Waals surface area contributed by atoms with Gasteiger partial charge in [-0.2, -0.15) is 31.3 Å². The van der Waals surface area contributed by atoms with Gasteiger partial charge in [-0.15, -0.1) is 0 Å². The number of aliphatic hydroxyl groups is 1. The lowest BCUT2D eigenvalue weighted by Gasteiger charge is -2.19. The van der Waals surface area contributed by atoms with Crippen molar-refractivity contribution in [1.29, 1.82) is 0 Å². The molecule has 1 atom stereocenters. The molecule has 0 aliphatic rings. The molecule has 1 aromatic heterocycles. The van der Waals surface area contributed by atoms with Crippen LogP contribution in [0.25, 0.3) is 0 Å². The standard InChI is InChI=1S/C7H6F6N2O2/c1-2(16)4-14-5(17-15-4)3(6(8,9)10)7(11,12)13/h2-3,16H,1H3. The summed E-state index contributed by atoms with van der Waals surface area (Å²) in [6.45, 7) is 1.07. The maximum Gasteiger partial charge on any atom is 0.409 e. The average molecular weight is 264 g/mol. The van der Waals surface area contributed by atoms with Gasteiger partial charge in [0.15, 0.2) is 5.82 Å². The second-order valence-corrected chi connectivity index (χ2v) is 3.18. The van der Waals surface area contributed by atoms with Gasteiger partial charge in [0.1, 0.15) is 6.10 Å². The third kappa shape index (κ3) is 3.08. The maximum atomic E-state index is 12.2. The van der Waals surface area contributed by atoms with Gasteiger partial charge in [-0.25, -0.2) is 0 Å². The number of hydrogen-bond donors (Lipinski definition) is 1. The summed E-state index contributed by atoms with van der Waals surface area (Å²) in [6.07, 6.45) is -12.6. The highest BCUT2D eigenvalue weighted by molar-refractivity contribution is 5.02. The molecule has 1 aromatic rings.